The fourth-order valence-electron chi connectivity index (χ4n) is 3.98. The van der Waals surface area contributed by atoms with Gasteiger partial charge in [-0.3, -0.25) is 4.98 Å². The second-order valence-corrected chi connectivity index (χ2v) is 12.3. The summed E-state index contributed by atoms with van der Waals surface area (Å²) in [5.41, 5.74) is 4.60. The molecule has 0 radical (unpaired) electrons. The Morgan fingerprint density at radius 2 is 1.94 bits per heavy atom. The molecule has 1 N–H and O–H groups in total. The summed E-state index contributed by atoms with van der Waals surface area (Å²) in [5.74, 6) is 0.683. The van der Waals surface area contributed by atoms with E-state index in [-0.39, 0.29) is 23.5 Å². The van der Waals surface area contributed by atoms with Gasteiger partial charge in [-0.2, -0.15) is 0 Å². The van der Waals surface area contributed by atoms with Crippen LogP contribution in [0.25, 0.3) is 21.6 Å². The third kappa shape index (κ3) is 4.58. The number of halogens is 1. The zero-order valence-electron chi connectivity index (χ0n) is 17.1. The highest BCUT2D eigenvalue weighted by Gasteiger charge is 2.45. The average molecular weight is 474 g/mol. The number of thiophene rings is 1. The van der Waals surface area contributed by atoms with Crippen molar-refractivity contribution in [2.24, 2.45) is 5.92 Å². The number of benzene rings is 1. The van der Waals surface area contributed by atoms with Gasteiger partial charge in [-0.25, -0.2) is 8.42 Å². The maximum absolute atomic E-state index is 12.3. The van der Waals surface area contributed by atoms with E-state index in [1.807, 2.05) is 24.4 Å². The molecule has 0 aliphatic heterocycles. The Bertz CT molecular complexity index is 1230. The second kappa shape index (κ2) is 8.00. The zero-order valence-corrected chi connectivity index (χ0v) is 19.4. The Hall–Kier alpha value is -1.73. The monoisotopic (exact) mass is 473 g/mol. The molecule has 4 nitrogen and oxygen atoms in total. The standard InChI is InChI=1S/C24H24ClNO3S2/c25-21-9-17(14-31(28,29)13-16-1-2-16)3-4-20(21)22-10-19(12-30-22)18-5-8-26-23(11-18)24(15-27)6-7-24/h3-5,8-12,16,27H,1-2,6-7,13-15H2. The molecule has 2 heterocycles. The molecule has 5 rings (SSSR count). The predicted octanol–water partition coefficient (Wildman–Crippen LogP) is 5.48. The van der Waals surface area contributed by atoms with E-state index in [1.165, 1.54) is 0 Å². The van der Waals surface area contributed by atoms with Gasteiger partial charge in [0.1, 0.15) is 0 Å². The summed E-state index contributed by atoms with van der Waals surface area (Å²) in [6.45, 7) is 0.136. The Balaban J connectivity index is 1.37. The zero-order chi connectivity index (χ0) is 21.6. The molecule has 0 bridgehead atoms. The SMILES string of the molecule is O=S(=O)(Cc1ccc(-c2cc(-c3ccnc(C4(CO)CC4)c3)cs2)c(Cl)c1)CC1CC1. The molecule has 31 heavy (non-hydrogen) atoms. The van der Waals surface area contributed by atoms with Crippen LogP contribution in [0.2, 0.25) is 5.02 Å². The van der Waals surface area contributed by atoms with Crippen molar-refractivity contribution in [1.29, 1.82) is 0 Å². The van der Waals surface area contributed by atoms with Gasteiger partial charge < -0.3 is 5.11 Å². The molecule has 0 amide bonds. The van der Waals surface area contributed by atoms with Gasteiger partial charge in [0.15, 0.2) is 9.84 Å². The van der Waals surface area contributed by atoms with Gasteiger partial charge in [0.05, 0.1) is 18.1 Å². The first-order chi connectivity index (χ1) is 14.9. The first-order valence-corrected chi connectivity index (χ1v) is 13.6. The molecule has 2 saturated carbocycles. The molecule has 2 aliphatic rings. The van der Waals surface area contributed by atoms with Crippen molar-refractivity contribution < 1.29 is 13.5 Å². The van der Waals surface area contributed by atoms with Crippen molar-refractivity contribution >= 4 is 32.8 Å². The molecule has 1 aromatic carbocycles. The Kier molecular flexibility index (Phi) is 5.45. The van der Waals surface area contributed by atoms with Crippen molar-refractivity contribution in [3.05, 3.63) is 64.3 Å². The van der Waals surface area contributed by atoms with Crippen LogP contribution in [-0.2, 0) is 21.0 Å². The van der Waals surface area contributed by atoms with Crippen LogP contribution in [0.3, 0.4) is 0 Å². The average Bonchev–Trinajstić information content (AvgIpc) is 3.66. The molecule has 0 atom stereocenters. The van der Waals surface area contributed by atoms with Crippen LogP contribution in [0.4, 0.5) is 0 Å². The van der Waals surface area contributed by atoms with Crippen molar-refractivity contribution in [3.8, 4) is 21.6 Å². The molecule has 0 saturated heterocycles. The van der Waals surface area contributed by atoms with E-state index in [1.54, 1.807) is 17.4 Å². The summed E-state index contributed by atoms with van der Waals surface area (Å²) in [6.07, 6.45) is 5.82. The number of nitrogens with zero attached hydrogens (tertiary/aromatic N) is 1. The summed E-state index contributed by atoms with van der Waals surface area (Å²) < 4.78 is 24.7. The van der Waals surface area contributed by atoms with Crippen LogP contribution in [0.15, 0.2) is 48.0 Å². The minimum absolute atomic E-state index is 0.0472. The summed E-state index contributed by atoms with van der Waals surface area (Å²) in [4.78, 5) is 5.52. The Morgan fingerprint density at radius 1 is 1.13 bits per heavy atom. The lowest BCUT2D eigenvalue weighted by Gasteiger charge is -2.11. The lowest BCUT2D eigenvalue weighted by Crippen LogP contribution is -2.13. The van der Waals surface area contributed by atoms with E-state index < -0.39 is 9.84 Å². The van der Waals surface area contributed by atoms with Gasteiger partial charge in [-0.15, -0.1) is 11.3 Å². The largest absolute Gasteiger partial charge is 0.395 e. The highest BCUT2D eigenvalue weighted by atomic mass is 35.5. The Labute approximate surface area is 191 Å². The highest BCUT2D eigenvalue weighted by molar-refractivity contribution is 7.90. The fourth-order valence-corrected chi connectivity index (χ4v) is 7.16. The lowest BCUT2D eigenvalue weighted by molar-refractivity contribution is 0.252. The lowest BCUT2D eigenvalue weighted by atomic mass is 9.99. The molecular formula is C24H24ClNO3S2. The molecule has 7 heteroatoms. The van der Waals surface area contributed by atoms with Gasteiger partial charge >= 0.3 is 0 Å². The number of rotatable bonds is 8. The highest BCUT2D eigenvalue weighted by Crippen LogP contribution is 2.47. The van der Waals surface area contributed by atoms with Gasteiger partial charge in [0.25, 0.3) is 0 Å². The van der Waals surface area contributed by atoms with E-state index in [9.17, 15) is 13.5 Å². The third-order valence-electron chi connectivity index (χ3n) is 6.26. The van der Waals surface area contributed by atoms with Crippen LogP contribution in [0.1, 0.15) is 36.9 Å². The van der Waals surface area contributed by atoms with Crippen molar-refractivity contribution in [3.63, 3.8) is 0 Å². The quantitative estimate of drug-likeness (QED) is 0.470. The van der Waals surface area contributed by atoms with E-state index in [0.29, 0.717) is 10.9 Å². The molecular weight excluding hydrogens is 450 g/mol. The summed E-state index contributed by atoms with van der Waals surface area (Å²) in [6, 6.07) is 11.7. The summed E-state index contributed by atoms with van der Waals surface area (Å²) in [7, 11) is -3.09. The third-order valence-corrected chi connectivity index (χ3v) is 9.29. The first kappa shape index (κ1) is 21.1. The number of aromatic nitrogens is 1. The number of sulfone groups is 1. The van der Waals surface area contributed by atoms with Crippen LogP contribution < -0.4 is 0 Å². The van der Waals surface area contributed by atoms with E-state index in [2.05, 4.69) is 22.5 Å². The number of hydrogen-bond donors (Lipinski definition) is 1. The fraction of sp³-hybridized carbons (Fsp3) is 0.375. The molecule has 0 spiro atoms. The van der Waals surface area contributed by atoms with Gasteiger partial charge in [-0.05, 0) is 77.9 Å². The molecule has 2 aliphatic carbocycles. The number of aliphatic hydroxyl groups excluding tert-OH is 1. The minimum atomic E-state index is -3.09. The Morgan fingerprint density at radius 3 is 2.61 bits per heavy atom. The van der Waals surface area contributed by atoms with Crippen molar-refractivity contribution in [2.75, 3.05) is 12.4 Å². The predicted molar refractivity (Wildman–Crippen MR) is 126 cm³/mol. The maximum Gasteiger partial charge on any atom is 0.154 e. The van der Waals surface area contributed by atoms with Crippen LogP contribution in [0.5, 0.6) is 0 Å². The van der Waals surface area contributed by atoms with Crippen LogP contribution in [0, 0.1) is 5.92 Å². The molecule has 0 unspecified atom stereocenters. The summed E-state index contributed by atoms with van der Waals surface area (Å²) >= 11 is 8.16. The molecule has 162 valence electrons. The number of pyridine rings is 1. The van der Waals surface area contributed by atoms with Crippen molar-refractivity contribution in [1.82, 2.24) is 4.98 Å². The molecule has 2 fully saturated rings. The van der Waals surface area contributed by atoms with Crippen molar-refractivity contribution in [2.45, 2.75) is 36.9 Å². The topological polar surface area (TPSA) is 67.3 Å². The maximum atomic E-state index is 12.3. The number of aliphatic hydroxyl groups is 1. The molecule has 2 aromatic heterocycles. The minimum Gasteiger partial charge on any atom is -0.395 e. The van der Waals surface area contributed by atoms with Gasteiger partial charge in [0.2, 0.25) is 0 Å². The normalized spacial score (nSPS) is 17.6. The van der Waals surface area contributed by atoms with Crippen LogP contribution >= 0.6 is 22.9 Å². The van der Waals surface area contributed by atoms with E-state index in [4.69, 9.17) is 11.6 Å². The second-order valence-electron chi connectivity index (χ2n) is 8.88. The van der Waals surface area contributed by atoms with E-state index >= 15 is 0 Å². The first-order valence-electron chi connectivity index (χ1n) is 10.5. The smallest absolute Gasteiger partial charge is 0.154 e. The van der Waals surface area contributed by atoms with Gasteiger partial charge in [0, 0.05) is 32.8 Å². The van der Waals surface area contributed by atoms with E-state index in [0.717, 1.165) is 58.5 Å². The molecule has 3 aromatic rings. The number of hydrogen-bond acceptors (Lipinski definition) is 5. The van der Waals surface area contributed by atoms with Crippen LogP contribution in [-0.4, -0.2) is 30.9 Å². The van der Waals surface area contributed by atoms with Gasteiger partial charge in [-0.1, -0.05) is 23.7 Å². The summed E-state index contributed by atoms with van der Waals surface area (Å²) in [5, 5.41) is 12.4.